The summed E-state index contributed by atoms with van der Waals surface area (Å²) < 4.78 is 6.24. The monoisotopic (exact) mass is 308 g/mol. The predicted octanol–water partition coefficient (Wildman–Crippen LogP) is 4.81. The van der Waals surface area contributed by atoms with Crippen LogP contribution in [0.25, 0.3) is 0 Å². The lowest BCUT2D eigenvalue weighted by atomic mass is 9.70. The third-order valence-electron chi connectivity index (χ3n) is 6.56. The van der Waals surface area contributed by atoms with Gasteiger partial charge in [-0.15, -0.1) is 0 Å². The summed E-state index contributed by atoms with van der Waals surface area (Å²) in [6.07, 6.45) is 12.8. The van der Waals surface area contributed by atoms with Gasteiger partial charge in [0.15, 0.2) is 0 Å². The summed E-state index contributed by atoms with van der Waals surface area (Å²) in [4.78, 5) is 10.3. The van der Waals surface area contributed by atoms with E-state index in [2.05, 4.69) is 20.8 Å². The first-order chi connectivity index (χ1) is 10.4. The van der Waals surface area contributed by atoms with E-state index in [4.69, 9.17) is 9.84 Å². The molecule has 126 valence electrons. The van der Waals surface area contributed by atoms with Crippen LogP contribution in [-0.4, -0.2) is 23.8 Å². The van der Waals surface area contributed by atoms with Crippen molar-refractivity contribution in [2.75, 3.05) is 6.61 Å². The first kappa shape index (κ1) is 17.5. The Morgan fingerprint density at radius 1 is 1.23 bits per heavy atom. The lowest BCUT2D eigenvalue weighted by Gasteiger charge is -2.39. The number of carboxylic acids is 1. The molecule has 22 heavy (non-hydrogen) atoms. The Balaban J connectivity index is 1.56. The molecular weight excluding hydrogens is 276 g/mol. The fourth-order valence-corrected chi connectivity index (χ4v) is 4.51. The normalized spacial score (nSPS) is 32.9. The minimum Gasteiger partial charge on any atom is -0.478 e. The number of unbranched alkanes of at least 4 members (excludes halogenated alkanes) is 4. The second-order valence-corrected chi connectivity index (χ2v) is 7.91. The second kappa shape index (κ2) is 7.16. The largest absolute Gasteiger partial charge is 0.478 e. The highest BCUT2D eigenvalue weighted by Gasteiger charge is 2.61. The minimum absolute atomic E-state index is 0.374. The Morgan fingerprint density at radius 3 is 2.55 bits per heavy atom. The average Bonchev–Trinajstić information content (AvgIpc) is 2.78. The number of carbonyl (C=O) groups is 1. The van der Waals surface area contributed by atoms with Crippen LogP contribution < -0.4 is 0 Å². The summed E-state index contributed by atoms with van der Waals surface area (Å²) in [7, 11) is 0. The number of hydrogen-bond acceptors (Lipinski definition) is 2. The average molecular weight is 308 g/mol. The molecule has 0 saturated heterocycles. The fourth-order valence-electron chi connectivity index (χ4n) is 4.51. The molecule has 3 heteroatoms. The molecule has 0 aromatic rings. The Morgan fingerprint density at radius 2 is 1.95 bits per heavy atom. The molecule has 3 atom stereocenters. The molecule has 0 aromatic carbocycles. The van der Waals surface area contributed by atoms with Gasteiger partial charge in [0.25, 0.3) is 0 Å². The van der Waals surface area contributed by atoms with Crippen LogP contribution >= 0.6 is 0 Å². The Kier molecular flexibility index (Phi) is 5.70. The van der Waals surface area contributed by atoms with Gasteiger partial charge in [-0.3, -0.25) is 0 Å². The summed E-state index contributed by atoms with van der Waals surface area (Å²) in [6.45, 7) is 8.17. The summed E-state index contributed by atoms with van der Waals surface area (Å²) in [6, 6.07) is 0. The zero-order chi connectivity index (χ0) is 16.2. The maximum absolute atomic E-state index is 10.3. The van der Waals surface area contributed by atoms with Gasteiger partial charge in [0.2, 0.25) is 0 Å². The van der Waals surface area contributed by atoms with E-state index < -0.39 is 5.97 Å². The number of hydrogen-bond donors (Lipinski definition) is 1. The molecule has 0 heterocycles. The number of fused-ring (bicyclic) bond motifs is 2. The highest BCUT2D eigenvalue weighted by atomic mass is 16.5. The molecule has 2 bridgehead atoms. The van der Waals surface area contributed by atoms with Crippen LogP contribution in [0.4, 0.5) is 0 Å². The molecule has 0 aromatic heterocycles. The van der Waals surface area contributed by atoms with Crippen LogP contribution in [0, 0.1) is 16.7 Å². The van der Waals surface area contributed by atoms with Crippen LogP contribution in [0.5, 0.6) is 0 Å². The lowest BCUT2D eigenvalue weighted by Crippen LogP contribution is -2.37. The molecule has 2 rings (SSSR count). The van der Waals surface area contributed by atoms with Crippen LogP contribution in [0.2, 0.25) is 0 Å². The van der Waals surface area contributed by atoms with E-state index in [0.717, 1.165) is 38.2 Å². The maximum atomic E-state index is 10.3. The molecule has 0 aliphatic heterocycles. The predicted molar refractivity (Wildman–Crippen MR) is 88.8 cm³/mol. The Bertz CT molecular complexity index is 413. The van der Waals surface area contributed by atoms with Gasteiger partial charge in [-0.25, -0.2) is 4.79 Å². The number of ether oxygens (including phenoxy) is 1. The van der Waals surface area contributed by atoms with E-state index in [1.165, 1.54) is 31.8 Å². The molecule has 2 aliphatic carbocycles. The topological polar surface area (TPSA) is 46.5 Å². The minimum atomic E-state index is -0.851. The van der Waals surface area contributed by atoms with Gasteiger partial charge >= 0.3 is 5.97 Å². The van der Waals surface area contributed by atoms with Gasteiger partial charge < -0.3 is 9.84 Å². The summed E-state index contributed by atoms with van der Waals surface area (Å²) in [5.41, 5.74) is 0.813. The lowest BCUT2D eigenvalue weighted by molar-refractivity contribution is -0.131. The molecule has 3 nitrogen and oxygen atoms in total. The van der Waals surface area contributed by atoms with Gasteiger partial charge in [0.1, 0.15) is 0 Å². The maximum Gasteiger partial charge on any atom is 0.327 e. The van der Waals surface area contributed by atoms with Crippen LogP contribution in [-0.2, 0) is 9.53 Å². The molecule has 2 fully saturated rings. The van der Waals surface area contributed by atoms with Crippen molar-refractivity contribution >= 4 is 5.97 Å². The van der Waals surface area contributed by atoms with Crippen molar-refractivity contribution < 1.29 is 14.6 Å². The summed E-state index contributed by atoms with van der Waals surface area (Å²) in [5.74, 6) is -0.000737. The first-order valence-corrected chi connectivity index (χ1v) is 8.89. The molecule has 0 spiro atoms. The number of carboxylic acid groups (broad SMARTS) is 1. The summed E-state index contributed by atoms with van der Waals surface area (Å²) >= 11 is 0. The number of allylic oxidation sites excluding steroid dienone is 1. The Labute approximate surface area is 135 Å². The third-order valence-corrected chi connectivity index (χ3v) is 6.56. The standard InChI is InChI=1S/C19H32O3/c1-18(2)15-11-12-19(18,3)16(14-15)22-13-9-7-5-4-6-8-10-17(20)21/h8,10,15-16H,4-7,9,11-14H2,1-3H3,(H,20,21). The van der Waals surface area contributed by atoms with E-state index in [1.807, 2.05) is 0 Å². The zero-order valence-electron chi connectivity index (χ0n) is 14.4. The fraction of sp³-hybridized carbons (Fsp3) is 0.842. The summed E-state index contributed by atoms with van der Waals surface area (Å²) in [5, 5.41) is 8.49. The van der Waals surface area contributed by atoms with Crippen molar-refractivity contribution in [2.24, 2.45) is 16.7 Å². The van der Waals surface area contributed by atoms with E-state index >= 15 is 0 Å². The van der Waals surface area contributed by atoms with Crippen LogP contribution in [0.1, 0.15) is 72.1 Å². The van der Waals surface area contributed by atoms with Crippen molar-refractivity contribution in [1.82, 2.24) is 0 Å². The van der Waals surface area contributed by atoms with Gasteiger partial charge in [0, 0.05) is 12.7 Å². The molecular formula is C19H32O3. The van der Waals surface area contributed by atoms with Gasteiger partial charge in [0.05, 0.1) is 6.10 Å². The smallest absolute Gasteiger partial charge is 0.327 e. The van der Waals surface area contributed by atoms with Crippen molar-refractivity contribution in [3.8, 4) is 0 Å². The van der Waals surface area contributed by atoms with E-state index in [-0.39, 0.29) is 0 Å². The highest BCUT2D eigenvalue weighted by molar-refractivity contribution is 5.79. The van der Waals surface area contributed by atoms with E-state index in [0.29, 0.717) is 16.9 Å². The Hall–Kier alpha value is -0.830. The third kappa shape index (κ3) is 3.56. The molecule has 0 amide bonds. The van der Waals surface area contributed by atoms with E-state index in [1.54, 1.807) is 6.08 Å². The molecule has 3 unspecified atom stereocenters. The van der Waals surface area contributed by atoms with Crippen molar-refractivity contribution in [3.63, 3.8) is 0 Å². The number of rotatable bonds is 9. The molecule has 2 saturated carbocycles. The van der Waals surface area contributed by atoms with Gasteiger partial charge in [-0.05, 0) is 55.3 Å². The van der Waals surface area contributed by atoms with Crippen LogP contribution in [0.15, 0.2) is 12.2 Å². The molecule has 2 aliphatic rings. The van der Waals surface area contributed by atoms with Crippen LogP contribution in [0.3, 0.4) is 0 Å². The highest BCUT2D eigenvalue weighted by Crippen LogP contribution is 2.66. The molecule has 0 radical (unpaired) electrons. The van der Waals surface area contributed by atoms with E-state index in [9.17, 15) is 4.79 Å². The van der Waals surface area contributed by atoms with Gasteiger partial charge in [-0.2, -0.15) is 0 Å². The quantitative estimate of drug-likeness (QED) is 0.491. The number of aliphatic carboxylic acids is 1. The molecule has 1 N–H and O–H groups in total. The van der Waals surface area contributed by atoms with Gasteiger partial charge in [-0.1, -0.05) is 39.7 Å². The second-order valence-electron chi connectivity index (χ2n) is 7.91. The first-order valence-electron chi connectivity index (χ1n) is 8.89. The van der Waals surface area contributed by atoms with Crippen molar-refractivity contribution in [2.45, 2.75) is 78.2 Å². The van der Waals surface area contributed by atoms with Crippen molar-refractivity contribution in [3.05, 3.63) is 12.2 Å². The zero-order valence-corrected chi connectivity index (χ0v) is 14.4. The SMILES string of the molecule is CC1(C)C2CCC1(C)C(OCCCCCCC=CC(=O)O)C2. The van der Waals surface area contributed by atoms with Crippen molar-refractivity contribution in [1.29, 1.82) is 0 Å².